The van der Waals surface area contributed by atoms with E-state index < -0.39 is 0 Å². The zero-order valence-electron chi connectivity index (χ0n) is 18.3. The Morgan fingerprint density at radius 2 is 1.61 bits per heavy atom. The van der Waals surface area contributed by atoms with Crippen LogP contribution in [-0.4, -0.2) is 44.0 Å². The van der Waals surface area contributed by atoms with E-state index in [2.05, 4.69) is 5.32 Å². The normalized spacial score (nSPS) is 11.6. The van der Waals surface area contributed by atoms with Gasteiger partial charge in [-0.3, -0.25) is 9.59 Å². The second-order valence-electron chi connectivity index (χ2n) is 7.33. The van der Waals surface area contributed by atoms with Crippen LogP contribution in [0.1, 0.15) is 25.3 Å². The number of nitrogens with one attached hydrogen (secondary N) is 1. The lowest BCUT2D eigenvalue weighted by Gasteiger charge is -2.24. The van der Waals surface area contributed by atoms with Gasteiger partial charge in [0.2, 0.25) is 11.8 Å². The van der Waals surface area contributed by atoms with Crippen LogP contribution in [0.25, 0.3) is 10.8 Å². The number of nitrogens with zero attached hydrogens (tertiary/aromatic N) is 1. The maximum Gasteiger partial charge on any atom is 0.243 e. The fraction of sp³-hybridized carbons (Fsp3) is 0.280. The predicted molar refractivity (Wildman–Crippen MR) is 123 cm³/mol. The Kier molecular flexibility index (Phi) is 7.13. The summed E-state index contributed by atoms with van der Waals surface area (Å²) in [4.78, 5) is 27.2. The van der Waals surface area contributed by atoms with Gasteiger partial charge in [-0.2, -0.15) is 0 Å². The number of fused-ring (bicyclic) bond motifs is 1. The quantitative estimate of drug-likeness (QED) is 0.585. The molecule has 0 spiro atoms. The van der Waals surface area contributed by atoms with Crippen molar-refractivity contribution in [2.24, 2.45) is 0 Å². The SMILES string of the molecule is CCN(CC(=O)Nc1cccc(OC)c1)C(=O)[C@@H](C)c1ccc2cc(OC)ccc2c1. The van der Waals surface area contributed by atoms with Crippen LogP contribution in [0.3, 0.4) is 0 Å². The van der Waals surface area contributed by atoms with Crippen LogP contribution in [-0.2, 0) is 9.59 Å². The average molecular weight is 421 g/mol. The number of benzene rings is 3. The molecule has 31 heavy (non-hydrogen) atoms. The number of methoxy groups -OCH3 is 2. The van der Waals surface area contributed by atoms with E-state index in [0.29, 0.717) is 18.0 Å². The monoisotopic (exact) mass is 420 g/mol. The Bertz CT molecular complexity index is 1080. The number of ether oxygens (including phenoxy) is 2. The maximum absolute atomic E-state index is 13.1. The minimum absolute atomic E-state index is 0.0122. The summed E-state index contributed by atoms with van der Waals surface area (Å²) in [7, 11) is 3.21. The summed E-state index contributed by atoms with van der Waals surface area (Å²) in [6.07, 6.45) is 0. The Morgan fingerprint density at radius 3 is 2.32 bits per heavy atom. The number of rotatable bonds is 8. The molecule has 0 aliphatic rings. The molecule has 0 aliphatic carbocycles. The lowest BCUT2D eigenvalue weighted by molar-refractivity contribution is -0.135. The second-order valence-corrected chi connectivity index (χ2v) is 7.33. The van der Waals surface area contributed by atoms with E-state index in [1.54, 1.807) is 43.4 Å². The summed E-state index contributed by atoms with van der Waals surface area (Å²) < 4.78 is 10.4. The highest BCUT2D eigenvalue weighted by Crippen LogP contribution is 2.26. The number of likely N-dealkylation sites (N-methyl/N-ethyl adjacent to an activating group) is 1. The first-order chi connectivity index (χ1) is 14.9. The average Bonchev–Trinajstić information content (AvgIpc) is 2.80. The first-order valence-electron chi connectivity index (χ1n) is 10.3. The van der Waals surface area contributed by atoms with Crippen LogP contribution < -0.4 is 14.8 Å². The standard InChI is InChI=1S/C25H28N2O4/c1-5-27(16-24(28)26-21-7-6-8-22(15-21)30-3)25(29)17(2)18-9-10-20-14-23(31-4)12-11-19(20)13-18/h6-15,17H,5,16H2,1-4H3,(H,26,28)/t17-/m0/s1. The van der Waals surface area contributed by atoms with Gasteiger partial charge in [0, 0.05) is 18.3 Å². The van der Waals surface area contributed by atoms with Crippen molar-refractivity contribution in [1.29, 1.82) is 0 Å². The van der Waals surface area contributed by atoms with E-state index >= 15 is 0 Å². The van der Waals surface area contributed by atoms with Gasteiger partial charge < -0.3 is 19.7 Å². The smallest absolute Gasteiger partial charge is 0.243 e. The van der Waals surface area contributed by atoms with Crippen molar-refractivity contribution in [3.05, 3.63) is 66.2 Å². The molecule has 6 heteroatoms. The van der Waals surface area contributed by atoms with Crippen molar-refractivity contribution in [2.75, 3.05) is 32.6 Å². The van der Waals surface area contributed by atoms with Crippen molar-refractivity contribution in [1.82, 2.24) is 4.90 Å². The fourth-order valence-electron chi connectivity index (χ4n) is 3.48. The van der Waals surface area contributed by atoms with Gasteiger partial charge in [-0.25, -0.2) is 0 Å². The summed E-state index contributed by atoms with van der Waals surface area (Å²) in [6.45, 7) is 4.17. The minimum atomic E-state index is -0.365. The van der Waals surface area contributed by atoms with Crippen LogP contribution >= 0.6 is 0 Å². The molecule has 3 aromatic carbocycles. The number of carbonyl (C=O) groups is 2. The summed E-state index contributed by atoms with van der Waals surface area (Å²) in [5.74, 6) is 0.751. The summed E-state index contributed by atoms with van der Waals surface area (Å²) in [5, 5.41) is 4.91. The molecule has 0 unspecified atom stereocenters. The molecule has 0 aliphatic heterocycles. The molecular formula is C25H28N2O4. The number of carbonyl (C=O) groups excluding carboxylic acids is 2. The third-order valence-corrected chi connectivity index (χ3v) is 5.32. The highest BCUT2D eigenvalue weighted by molar-refractivity contribution is 5.96. The number of hydrogen-bond acceptors (Lipinski definition) is 4. The molecule has 0 heterocycles. The molecular weight excluding hydrogens is 392 g/mol. The van der Waals surface area contributed by atoms with Crippen molar-refractivity contribution in [2.45, 2.75) is 19.8 Å². The Morgan fingerprint density at radius 1 is 0.935 bits per heavy atom. The third-order valence-electron chi connectivity index (χ3n) is 5.32. The van der Waals surface area contributed by atoms with Gasteiger partial charge in [0.1, 0.15) is 11.5 Å². The molecule has 3 aromatic rings. The van der Waals surface area contributed by atoms with Gasteiger partial charge in [-0.15, -0.1) is 0 Å². The number of hydrogen-bond donors (Lipinski definition) is 1. The largest absolute Gasteiger partial charge is 0.497 e. The third kappa shape index (κ3) is 5.34. The first-order valence-corrected chi connectivity index (χ1v) is 10.3. The molecule has 6 nitrogen and oxygen atoms in total. The Hall–Kier alpha value is -3.54. The van der Waals surface area contributed by atoms with Gasteiger partial charge in [0.25, 0.3) is 0 Å². The topological polar surface area (TPSA) is 67.9 Å². The van der Waals surface area contributed by atoms with Crippen molar-refractivity contribution in [3.63, 3.8) is 0 Å². The zero-order valence-corrected chi connectivity index (χ0v) is 18.3. The molecule has 3 rings (SSSR count). The summed E-state index contributed by atoms with van der Waals surface area (Å²) in [6, 6.07) is 18.9. The van der Waals surface area contributed by atoms with Crippen LogP contribution in [0.5, 0.6) is 11.5 Å². The van der Waals surface area contributed by atoms with Crippen LogP contribution in [0.2, 0.25) is 0 Å². The molecule has 0 saturated heterocycles. The molecule has 0 aromatic heterocycles. The van der Waals surface area contributed by atoms with Crippen LogP contribution in [0.15, 0.2) is 60.7 Å². The minimum Gasteiger partial charge on any atom is -0.497 e. The molecule has 0 bridgehead atoms. The number of anilines is 1. The van der Waals surface area contributed by atoms with Crippen molar-refractivity contribution >= 4 is 28.3 Å². The lowest BCUT2D eigenvalue weighted by atomic mass is 9.96. The van der Waals surface area contributed by atoms with Gasteiger partial charge in [0.15, 0.2) is 0 Å². The molecule has 1 atom stereocenters. The van der Waals surface area contributed by atoms with Gasteiger partial charge in [-0.1, -0.05) is 30.3 Å². The molecule has 162 valence electrons. The summed E-state index contributed by atoms with van der Waals surface area (Å²) in [5.41, 5.74) is 1.54. The lowest BCUT2D eigenvalue weighted by Crippen LogP contribution is -2.40. The first kappa shape index (κ1) is 22.2. The molecule has 0 saturated carbocycles. The molecule has 0 fully saturated rings. The van der Waals surface area contributed by atoms with E-state index in [1.807, 2.05) is 50.2 Å². The van der Waals surface area contributed by atoms with Crippen LogP contribution in [0, 0.1) is 0 Å². The van der Waals surface area contributed by atoms with E-state index in [0.717, 1.165) is 22.1 Å². The zero-order chi connectivity index (χ0) is 22.4. The predicted octanol–water partition coefficient (Wildman–Crippen LogP) is 4.45. The van der Waals surface area contributed by atoms with Gasteiger partial charge >= 0.3 is 0 Å². The number of amides is 2. The van der Waals surface area contributed by atoms with Gasteiger partial charge in [-0.05, 0) is 54.4 Å². The van der Waals surface area contributed by atoms with E-state index in [9.17, 15) is 9.59 Å². The Labute approximate surface area is 182 Å². The van der Waals surface area contributed by atoms with E-state index in [-0.39, 0.29) is 24.3 Å². The maximum atomic E-state index is 13.1. The van der Waals surface area contributed by atoms with E-state index in [4.69, 9.17) is 9.47 Å². The summed E-state index contributed by atoms with van der Waals surface area (Å²) >= 11 is 0. The molecule has 1 N–H and O–H groups in total. The fourth-order valence-corrected chi connectivity index (χ4v) is 3.48. The highest BCUT2D eigenvalue weighted by Gasteiger charge is 2.23. The van der Waals surface area contributed by atoms with Crippen molar-refractivity contribution < 1.29 is 19.1 Å². The highest BCUT2D eigenvalue weighted by atomic mass is 16.5. The van der Waals surface area contributed by atoms with E-state index in [1.165, 1.54) is 0 Å². The van der Waals surface area contributed by atoms with Gasteiger partial charge in [0.05, 0.1) is 26.7 Å². The second kappa shape index (κ2) is 9.98. The van der Waals surface area contributed by atoms with Crippen LogP contribution in [0.4, 0.5) is 5.69 Å². The molecule has 2 amide bonds. The van der Waals surface area contributed by atoms with Crippen molar-refractivity contribution in [3.8, 4) is 11.5 Å². The Balaban J connectivity index is 1.70. The molecule has 0 radical (unpaired) electrons.